The summed E-state index contributed by atoms with van der Waals surface area (Å²) >= 11 is 0. The van der Waals surface area contributed by atoms with E-state index in [0.29, 0.717) is 11.5 Å². The molecule has 0 N–H and O–H groups in total. The number of rotatable bonds is 7. The van der Waals surface area contributed by atoms with Gasteiger partial charge in [0.15, 0.2) is 0 Å². The predicted octanol–water partition coefficient (Wildman–Crippen LogP) is 6.93. The number of carbonyl (C=O) groups is 3. The number of carbonyl (C=O) groups excluding carboxylic acids is 3. The van der Waals surface area contributed by atoms with Gasteiger partial charge in [0.05, 0.1) is 0 Å². The van der Waals surface area contributed by atoms with Gasteiger partial charge in [-0.15, -0.1) is 5.06 Å². The largest absolute Gasteiger partial charge is 0.534 e. The van der Waals surface area contributed by atoms with Crippen LogP contribution in [0.15, 0.2) is 36.4 Å². The average molecular weight is 578 g/mol. The third kappa shape index (κ3) is 6.27. The van der Waals surface area contributed by atoms with Gasteiger partial charge in [-0.2, -0.15) is 0 Å². The Morgan fingerprint density at radius 1 is 0.929 bits per heavy atom. The zero-order valence-corrected chi connectivity index (χ0v) is 26.2. The SMILES string of the molecule is CC.CCCC(=O)N(C=O)OC(=O)OC(C)C1c2ccc(N3CCCC3)cc2C(C)(C)c2cc(N3CCCC3)ccc21. The maximum atomic E-state index is 12.8. The number of imide groups is 1. The second-order valence-corrected chi connectivity index (χ2v) is 11.8. The van der Waals surface area contributed by atoms with Crippen LogP contribution in [0.3, 0.4) is 0 Å². The number of nitrogens with zero attached hydrogens (tertiary/aromatic N) is 3. The summed E-state index contributed by atoms with van der Waals surface area (Å²) < 4.78 is 5.76. The minimum Gasteiger partial charge on any atom is -0.429 e. The molecule has 2 aliphatic heterocycles. The van der Waals surface area contributed by atoms with Crippen LogP contribution in [-0.4, -0.2) is 55.8 Å². The van der Waals surface area contributed by atoms with Gasteiger partial charge in [0, 0.05) is 55.3 Å². The van der Waals surface area contributed by atoms with Crippen LogP contribution in [0.25, 0.3) is 0 Å². The number of hydrogen-bond acceptors (Lipinski definition) is 7. The monoisotopic (exact) mass is 577 g/mol. The Labute approximate surface area is 250 Å². The van der Waals surface area contributed by atoms with Gasteiger partial charge in [-0.25, -0.2) is 4.79 Å². The molecule has 2 saturated heterocycles. The van der Waals surface area contributed by atoms with E-state index in [1.54, 1.807) is 0 Å². The lowest BCUT2D eigenvalue weighted by atomic mass is 9.64. The van der Waals surface area contributed by atoms with Crippen molar-refractivity contribution in [3.05, 3.63) is 58.7 Å². The zero-order chi connectivity index (χ0) is 30.4. The Kier molecular flexibility index (Phi) is 10.2. The van der Waals surface area contributed by atoms with E-state index in [-0.39, 0.29) is 24.2 Å². The van der Waals surface area contributed by atoms with Crippen molar-refractivity contribution in [2.45, 2.75) is 97.5 Å². The Morgan fingerprint density at radius 3 is 1.83 bits per heavy atom. The van der Waals surface area contributed by atoms with Crippen molar-refractivity contribution in [3.8, 4) is 0 Å². The molecule has 8 heteroatoms. The van der Waals surface area contributed by atoms with E-state index in [4.69, 9.17) is 9.57 Å². The first-order valence-corrected chi connectivity index (χ1v) is 15.7. The van der Waals surface area contributed by atoms with Crippen molar-refractivity contribution >= 4 is 29.8 Å². The Morgan fingerprint density at radius 2 is 1.40 bits per heavy atom. The van der Waals surface area contributed by atoms with E-state index < -0.39 is 18.2 Å². The number of benzene rings is 2. The number of anilines is 2. The molecule has 3 aliphatic rings. The van der Waals surface area contributed by atoms with Crippen LogP contribution in [0, 0.1) is 0 Å². The molecule has 0 saturated carbocycles. The van der Waals surface area contributed by atoms with E-state index in [1.165, 1.54) is 48.2 Å². The first kappa shape index (κ1) is 31.4. The van der Waals surface area contributed by atoms with Crippen molar-refractivity contribution in [1.82, 2.24) is 5.06 Å². The van der Waals surface area contributed by atoms with E-state index in [1.807, 2.05) is 27.7 Å². The van der Waals surface area contributed by atoms with E-state index >= 15 is 0 Å². The Bertz CT molecular complexity index is 1190. The fraction of sp³-hybridized carbons (Fsp3) is 0.559. The minimum atomic E-state index is -1.07. The molecule has 2 heterocycles. The van der Waals surface area contributed by atoms with Crippen LogP contribution in [-0.2, 0) is 24.6 Å². The highest BCUT2D eigenvalue weighted by molar-refractivity contribution is 5.86. The zero-order valence-electron chi connectivity index (χ0n) is 26.2. The van der Waals surface area contributed by atoms with Crippen LogP contribution in [0.2, 0.25) is 0 Å². The summed E-state index contributed by atoms with van der Waals surface area (Å²) in [5.74, 6) is -0.817. The lowest BCUT2D eigenvalue weighted by Crippen LogP contribution is -2.37. The molecule has 1 unspecified atom stereocenters. The maximum Gasteiger partial charge on any atom is 0.534 e. The number of hydrogen-bond donors (Lipinski definition) is 0. The second kappa shape index (κ2) is 13.6. The molecule has 2 aromatic rings. The Balaban J connectivity index is 0.00000198. The van der Waals surface area contributed by atoms with Crippen molar-refractivity contribution in [1.29, 1.82) is 0 Å². The predicted molar refractivity (Wildman–Crippen MR) is 166 cm³/mol. The van der Waals surface area contributed by atoms with Gasteiger partial charge in [-0.3, -0.25) is 14.4 Å². The third-order valence-corrected chi connectivity index (χ3v) is 8.76. The number of fused-ring (bicyclic) bond motifs is 2. The van der Waals surface area contributed by atoms with Crippen molar-refractivity contribution in [2.24, 2.45) is 0 Å². The number of ether oxygens (including phenoxy) is 1. The summed E-state index contributed by atoms with van der Waals surface area (Å²) in [6.07, 6.45) is 3.98. The molecule has 42 heavy (non-hydrogen) atoms. The Hall–Kier alpha value is -3.55. The number of hydroxylamine groups is 2. The minimum absolute atomic E-state index is 0.0960. The molecule has 1 atom stereocenters. The van der Waals surface area contributed by atoms with Gasteiger partial charge in [-0.1, -0.05) is 46.8 Å². The highest BCUT2D eigenvalue weighted by Gasteiger charge is 2.41. The van der Waals surface area contributed by atoms with Gasteiger partial charge < -0.3 is 14.5 Å². The molecule has 0 bridgehead atoms. The smallest absolute Gasteiger partial charge is 0.429 e. The number of amides is 2. The van der Waals surface area contributed by atoms with Crippen LogP contribution in [0.5, 0.6) is 0 Å². The normalized spacial score (nSPS) is 17.9. The van der Waals surface area contributed by atoms with E-state index in [0.717, 1.165) is 37.3 Å². The first-order chi connectivity index (χ1) is 20.2. The third-order valence-electron chi connectivity index (χ3n) is 8.76. The first-order valence-electron chi connectivity index (χ1n) is 15.7. The highest BCUT2D eigenvalue weighted by atomic mass is 16.8. The summed E-state index contributed by atoms with van der Waals surface area (Å²) in [6, 6.07) is 13.4. The summed E-state index contributed by atoms with van der Waals surface area (Å²) in [6.45, 7) is 16.5. The van der Waals surface area contributed by atoms with Crippen molar-refractivity contribution < 1.29 is 24.0 Å². The van der Waals surface area contributed by atoms with Crippen molar-refractivity contribution in [2.75, 3.05) is 36.0 Å². The van der Waals surface area contributed by atoms with Crippen molar-refractivity contribution in [3.63, 3.8) is 0 Å². The lowest BCUT2D eigenvalue weighted by molar-refractivity contribution is -0.177. The molecule has 0 spiro atoms. The molecule has 0 aromatic heterocycles. The quantitative estimate of drug-likeness (QED) is 0.201. The molecule has 2 fully saturated rings. The molecule has 5 rings (SSSR count). The van der Waals surface area contributed by atoms with E-state index in [2.05, 4.69) is 60.0 Å². The van der Waals surface area contributed by atoms with Crippen LogP contribution in [0.1, 0.15) is 108 Å². The van der Waals surface area contributed by atoms with Gasteiger partial charge in [-0.05, 0) is 85.5 Å². The summed E-state index contributed by atoms with van der Waals surface area (Å²) in [5.41, 5.74) is 6.88. The summed E-state index contributed by atoms with van der Waals surface area (Å²) in [4.78, 5) is 46.2. The summed E-state index contributed by atoms with van der Waals surface area (Å²) in [7, 11) is 0. The summed E-state index contributed by atoms with van der Waals surface area (Å²) in [5, 5.41) is 0.426. The van der Waals surface area contributed by atoms with Gasteiger partial charge in [0.1, 0.15) is 6.10 Å². The standard InChI is InChI=1S/C32H41N3O5.C2H6/c1-5-10-29(37)35(21-36)40-31(38)39-22(2)30-25-13-11-23(33-15-6-7-16-33)19-27(25)32(3,4)28-20-24(12-14-26(28)30)34-17-8-9-18-34;1-2/h11-14,19-22,30H,5-10,15-18H2,1-4H3;1-2H3. The van der Waals surface area contributed by atoms with Crippen LogP contribution in [0.4, 0.5) is 16.2 Å². The molecular weight excluding hydrogens is 530 g/mol. The van der Waals surface area contributed by atoms with Crippen LogP contribution < -0.4 is 9.80 Å². The molecule has 228 valence electrons. The van der Waals surface area contributed by atoms with Crippen LogP contribution >= 0.6 is 0 Å². The molecule has 2 amide bonds. The highest BCUT2D eigenvalue weighted by Crippen LogP contribution is 2.50. The molecule has 1 aliphatic carbocycles. The van der Waals surface area contributed by atoms with Gasteiger partial charge in [0.2, 0.25) is 0 Å². The second-order valence-electron chi connectivity index (χ2n) is 11.8. The van der Waals surface area contributed by atoms with Gasteiger partial charge >= 0.3 is 6.16 Å². The fourth-order valence-electron chi connectivity index (χ4n) is 6.65. The molecule has 8 nitrogen and oxygen atoms in total. The molecule has 0 radical (unpaired) electrons. The topological polar surface area (TPSA) is 79.4 Å². The van der Waals surface area contributed by atoms with E-state index in [9.17, 15) is 14.4 Å². The average Bonchev–Trinajstić information content (AvgIpc) is 3.72. The molecule has 2 aromatic carbocycles. The van der Waals surface area contributed by atoms with Gasteiger partial charge in [0.25, 0.3) is 12.3 Å². The fourth-order valence-corrected chi connectivity index (χ4v) is 6.65. The maximum absolute atomic E-state index is 12.8. The lowest BCUT2D eigenvalue weighted by Gasteiger charge is -2.42. The molecular formula is C34H47N3O5.